The van der Waals surface area contributed by atoms with Crippen molar-refractivity contribution in [2.24, 2.45) is 0 Å². The fourth-order valence-electron chi connectivity index (χ4n) is 2.10. The number of nitrogen functional groups attached to an aromatic ring is 1. The number of carbonyl (C=O) groups is 1. The molecule has 0 spiro atoms. The molecule has 0 aliphatic heterocycles. The van der Waals surface area contributed by atoms with Gasteiger partial charge in [-0.05, 0) is 43.2 Å². The number of carbonyl (C=O) groups excluding carboxylic acids is 1. The van der Waals surface area contributed by atoms with Crippen LogP contribution in [-0.2, 0) is 0 Å². The van der Waals surface area contributed by atoms with Gasteiger partial charge >= 0.3 is 0 Å². The molecule has 0 saturated heterocycles. The summed E-state index contributed by atoms with van der Waals surface area (Å²) >= 11 is 0. The number of hydrogen-bond acceptors (Lipinski definition) is 2. The molecule has 2 aromatic rings. The van der Waals surface area contributed by atoms with Gasteiger partial charge < -0.3 is 11.1 Å². The highest BCUT2D eigenvalue weighted by molar-refractivity contribution is 5.94. The molecule has 2 aromatic carbocycles. The zero-order valence-corrected chi connectivity index (χ0v) is 11.5. The van der Waals surface area contributed by atoms with Crippen LogP contribution in [0, 0.1) is 12.7 Å². The highest BCUT2D eigenvalue weighted by Crippen LogP contribution is 2.18. The Balaban J connectivity index is 2.15. The van der Waals surface area contributed by atoms with Crippen LogP contribution in [0.2, 0.25) is 0 Å². The van der Waals surface area contributed by atoms with Crippen molar-refractivity contribution < 1.29 is 9.18 Å². The van der Waals surface area contributed by atoms with E-state index in [0.717, 1.165) is 17.2 Å². The molecule has 0 fully saturated rings. The molecule has 104 valence electrons. The second-order valence-corrected chi connectivity index (χ2v) is 4.79. The minimum absolute atomic E-state index is 0.0357. The van der Waals surface area contributed by atoms with Crippen LogP contribution >= 0.6 is 0 Å². The van der Waals surface area contributed by atoms with Gasteiger partial charge in [-0.15, -0.1) is 0 Å². The lowest BCUT2D eigenvalue weighted by atomic mass is 10.0. The zero-order chi connectivity index (χ0) is 14.7. The van der Waals surface area contributed by atoms with Crippen LogP contribution in [0.3, 0.4) is 0 Å². The molecule has 0 aromatic heterocycles. The molecular weight excluding hydrogens is 255 g/mol. The fourth-order valence-corrected chi connectivity index (χ4v) is 2.10. The maximum atomic E-state index is 13.4. The van der Waals surface area contributed by atoms with Crippen molar-refractivity contribution in [2.45, 2.75) is 19.9 Å². The van der Waals surface area contributed by atoms with Crippen molar-refractivity contribution in [3.05, 3.63) is 65.0 Å². The van der Waals surface area contributed by atoms with Gasteiger partial charge in [-0.2, -0.15) is 0 Å². The summed E-state index contributed by atoms with van der Waals surface area (Å²) in [5.41, 5.74) is 7.83. The fraction of sp³-hybridized carbons (Fsp3) is 0.188. The summed E-state index contributed by atoms with van der Waals surface area (Å²) in [4.78, 5) is 12.1. The largest absolute Gasteiger partial charge is 0.396 e. The van der Waals surface area contributed by atoms with Gasteiger partial charge in [-0.1, -0.05) is 24.3 Å². The van der Waals surface area contributed by atoms with Gasteiger partial charge in [0.25, 0.3) is 5.91 Å². The molecule has 1 atom stereocenters. The number of benzene rings is 2. The molecule has 0 heterocycles. The Morgan fingerprint density at radius 1 is 1.25 bits per heavy atom. The van der Waals surface area contributed by atoms with Crippen molar-refractivity contribution in [3.63, 3.8) is 0 Å². The molecule has 1 amide bonds. The van der Waals surface area contributed by atoms with E-state index in [9.17, 15) is 9.18 Å². The van der Waals surface area contributed by atoms with E-state index < -0.39 is 5.82 Å². The molecule has 3 nitrogen and oxygen atoms in total. The molecule has 2 rings (SSSR count). The van der Waals surface area contributed by atoms with E-state index in [-0.39, 0.29) is 23.2 Å². The van der Waals surface area contributed by atoms with Gasteiger partial charge in [0, 0.05) is 5.56 Å². The SMILES string of the molecule is Cc1ccccc1C(C)NC(=O)c1ccc(N)c(F)c1. The lowest BCUT2D eigenvalue weighted by Crippen LogP contribution is -2.27. The number of anilines is 1. The summed E-state index contributed by atoms with van der Waals surface area (Å²) in [6, 6.07) is 11.7. The minimum Gasteiger partial charge on any atom is -0.396 e. The van der Waals surface area contributed by atoms with Crippen LogP contribution in [0.5, 0.6) is 0 Å². The van der Waals surface area contributed by atoms with Gasteiger partial charge in [-0.25, -0.2) is 4.39 Å². The predicted molar refractivity (Wildman–Crippen MR) is 77.9 cm³/mol. The first kappa shape index (κ1) is 14.1. The molecule has 0 aliphatic carbocycles. The summed E-state index contributed by atoms with van der Waals surface area (Å²) in [5.74, 6) is -0.902. The third-order valence-corrected chi connectivity index (χ3v) is 3.27. The van der Waals surface area contributed by atoms with E-state index in [4.69, 9.17) is 5.73 Å². The van der Waals surface area contributed by atoms with E-state index in [1.807, 2.05) is 38.1 Å². The highest BCUT2D eigenvalue weighted by Gasteiger charge is 2.13. The third kappa shape index (κ3) is 2.96. The van der Waals surface area contributed by atoms with Crippen molar-refractivity contribution >= 4 is 11.6 Å². The smallest absolute Gasteiger partial charge is 0.251 e. The molecule has 0 bridgehead atoms. The van der Waals surface area contributed by atoms with Gasteiger partial charge in [0.2, 0.25) is 0 Å². The van der Waals surface area contributed by atoms with Gasteiger partial charge in [-0.3, -0.25) is 4.79 Å². The van der Waals surface area contributed by atoms with Crippen LogP contribution in [0.15, 0.2) is 42.5 Å². The third-order valence-electron chi connectivity index (χ3n) is 3.27. The Bertz CT molecular complexity index is 640. The molecule has 0 aliphatic rings. The Morgan fingerprint density at radius 3 is 2.60 bits per heavy atom. The van der Waals surface area contributed by atoms with E-state index in [0.29, 0.717) is 0 Å². The first-order valence-corrected chi connectivity index (χ1v) is 6.40. The molecule has 4 heteroatoms. The van der Waals surface area contributed by atoms with Crippen LogP contribution in [0.4, 0.5) is 10.1 Å². The zero-order valence-electron chi connectivity index (χ0n) is 11.5. The topological polar surface area (TPSA) is 55.1 Å². The average molecular weight is 272 g/mol. The van der Waals surface area contributed by atoms with Crippen molar-refractivity contribution in [3.8, 4) is 0 Å². The monoisotopic (exact) mass is 272 g/mol. The molecular formula is C16H17FN2O. The van der Waals surface area contributed by atoms with E-state index in [1.165, 1.54) is 12.1 Å². The van der Waals surface area contributed by atoms with Gasteiger partial charge in [0.15, 0.2) is 0 Å². The molecule has 0 radical (unpaired) electrons. The number of halogens is 1. The molecule has 20 heavy (non-hydrogen) atoms. The van der Waals surface area contributed by atoms with Crippen LogP contribution in [0.25, 0.3) is 0 Å². The number of aryl methyl sites for hydroxylation is 1. The second kappa shape index (κ2) is 5.74. The maximum Gasteiger partial charge on any atom is 0.251 e. The van der Waals surface area contributed by atoms with E-state index in [2.05, 4.69) is 5.32 Å². The highest BCUT2D eigenvalue weighted by atomic mass is 19.1. The van der Waals surface area contributed by atoms with Crippen LogP contribution < -0.4 is 11.1 Å². The summed E-state index contributed by atoms with van der Waals surface area (Å²) in [6.07, 6.45) is 0. The molecule has 1 unspecified atom stereocenters. The summed E-state index contributed by atoms with van der Waals surface area (Å²) in [6.45, 7) is 3.88. The van der Waals surface area contributed by atoms with Crippen LogP contribution in [0.1, 0.15) is 34.5 Å². The minimum atomic E-state index is -0.582. The van der Waals surface area contributed by atoms with Crippen LogP contribution in [-0.4, -0.2) is 5.91 Å². The van der Waals surface area contributed by atoms with E-state index >= 15 is 0 Å². The number of nitrogens with two attached hydrogens (primary N) is 1. The summed E-state index contributed by atoms with van der Waals surface area (Å²) < 4.78 is 13.4. The first-order chi connectivity index (χ1) is 9.49. The number of rotatable bonds is 3. The Kier molecular flexibility index (Phi) is 4.03. The standard InChI is InChI=1S/C16H17FN2O/c1-10-5-3-4-6-13(10)11(2)19-16(20)12-7-8-15(18)14(17)9-12/h3-9,11H,18H2,1-2H3,(H,19,20). The first-order valence-electron chi connectivity index (χ1n) is 6.40. The molecule has 0 saturated carbocycles. The normalized spacial score (nSPS) is 11.9. The van der Waals surface area contributed by atoms with Crippen molar-refractivity contribution in [1.82, 2.24) is 5.32 Å². The Morgan fingerprint density at radius 2 is 1.95 bits per heavy atom. The number of nitrogens with one attached hydrogen (secondary N) is 1. The predicted octanol–water partition coefficient (Wildman–Crippen LogP) is 3.21. The van der Waals surface area contributed by atoms with Gasteiger partial charge in [0.05, 0.1) is 11.7 Å². The Labute approximate surface area is 117 Å². The van der Waals surface area contributed by atoms with Crippen molar-refractivity contribution in [1.29, 1.82) is 0 Å². The second-order valence-electron chi connectivity index (χ2n) is 4.79. The molecule has 3 N–H and O–H groups in total. The van der Waals surface area contributed by atoms with Gasteiger partial charge in [0.1, 0.15) is 5.82 Å². The maximum absolute atomic E-state index is 13.4. The quantitative estimate of drug-likeness (QED) is 0.843. The van der Waals surface area contributed by atoms with E-state index in [1.54, 1.807) is 0 Å². The average Bonchev–Trinajstić information content (AvgIpc) is 2.42. The lowest BCUT2D eigenvalue weighted by molar-refractivity contribution is 0.0939. The Hall–Kier alpha value is -2.36. The number of hydrogen-bond donors (Lipinski definition) is 2. The van der Waals surface area contributed by atoms with Crippen molar-refractivity contribution in [2.75, 3.05) is 5.73 Å². The number of amides is 1. The lowest BCUT2D eigenvalue weighted by Gasteiger charge is -2.16. The summed E-state index contributed by atoms with van der Waals surface area (Å²) in [7, 11) is 0. The summed E-state index contributed by atoms with van der Waals surface area (Å²) in [5, 5.41) is 2.85.